The molecule has 0 saturated carbocycles. The second-order valence-electron chi connectivity index (χ2n) is 5.62. The Hall–Kier alpha value is -3.92. The summed E-state index contributed by atoms with van der Waals surface area (Å²) in [5.74, 6) is 0.485. The Morgan fingerprint density at radius 1 is 1.23 bits per heavy atom. The molecule has 0 atom stereocenters. The number of hydrogen-bond donors (Lipinski definition) is 1. The van der Waals surface area contributed by atoms with Gasteiger partial charge in [0.1, 0.15) is 17.2 Å². The molecule has 126 valence electrons. The second-order valence-corrected chi connectivity index (χ2v) is 5.62. The molecule has 0 saturated heterocycles. The fourth-order valence-electron chi connectivity index (χ4n) is 2.76. The first-order valence-corrected chi connectivity index (χ1v) is 7.88. The molecule has 0 radical (unpaired) electrons. The summed E-state index contributed by atoms with van der Waals surface area (Å²) in [4.78, 5) is 17.0. The number of benzene rings is 1. The van der Waals surface area contributed by atoms with Gasteiger partial charge >= 0.3 is 0 Å². The van der Waals surface area contributed by atoms with Crippen LogP contribution in [0, 0.1) is 18.3 Å². The minimum absolute atomic E-state index is 0.198. The number of pyridine rings is 1. The van der Waals surface area contributed by atoms with Crippen LogP contribution in [-0.4, -0.2) is 20.7 Å². The molecule has 1 amide bonds. The number of aryl methyl sites for hydroxylation is 1. The van der Waals surface area contributed by atoms with E-state index in [1.165, 1.54) is 10.9 Å². The topological polar surface area (TPSA) is 96.7 Å². The third-order valence-electron chi connectivity index (χ3n) is 4.04. The Morgan fingerprint density at radius 3 is 2.77 bits per heavy atom. The minimum Gasteiger partial charge on any atom is -0.451 e. The highest BCUT2D eigenvalue weighted by molar-refractivity contribution is 6.06. The van der Waals surface area contributed by atoms with Gasteiger partial charge in [-0.05, 0) is 25.1 Å². The van der Waals surface area contributed by atoms with Gasteiger partial charge in [-0.2, -0.15) is 15.0 Å². The Kier molecular flexibility index (Phi) is 3.71. The Balaban J connectivity index is 1.75. The summed E-state index contributed by atoms with van der Waals surface area (Å²) >= 11 is 0. The van der Waals surface area contributed by atoms with E-state index in [0.717, 1.165) is 10.9 Å². The molecule has 7 nitrogen and oxygen atoms in total. The van der Waals surface area contributed by atoms with Crippen LogP contribution in [0.4, 0.5) is 5.82 Å². The molecule has 0 spiro atoms. The lowest BCUT2D eigenvalue weighted by Gasteiger charge is -2.08. The molecule has 4 aromatic rings. The van der Waals surface area contributed by atoms with Crippen molar-refractivity contribution in [1.29, 1.82) is 5.26 Å². The van der Waals surface area contributed by atoms with E-state index in [4.69, 9.17) is 4.42 Å². The predicted molar refractivity (Wildman–Crippen MR) is 95.0 cm³/mol. The Labute approximate surface area is 148 Å². The summed E-state index contributed by atoms with van der Waals surface area (Å²) in [5, 5.41) is 17.1. The molecule has 3 aromatic heterocycles. The van der Waals surface area contributed by atoms with Crippen molar-refractivity contribution in [1.82, 2.24) is 14.8 Å². The zero-order valence-corrected chi connectivity index (χ0v) is 13.8. The van der Waals surface area contributed by atoms with E-state index in [2.05, 4.69) is 15.4 Å². The van der Waals surface area contributed by atoms with E-state index in [9.17, 15) is 10.1 Å². The number of fused-ring (bicyclic) bond motifs is 1. The Morgan fingerprint density at radius 2 is 2.04 bits per heavy atom. The number of nitrogens with zero attached hydrogens (tertiary/aromatic N) is 4. The van der Waals surface area contributed by atoms with Crippen molar-refractivity contribution >= 4 is 22.7 Å². The lowest BCUT2D eigenvalue weighted by Crippen LogP contribution is -2.16. The summed E-state index contributed by atoms with van der Waals surface area (Å²) in [6.07, 6.45) is 2.99. The Bertz CT molecular complexity index is 1150. The molecule has 0 aliphatic carbocycles. The smallest absolute Gasteiger partial charge is 0.292 e. The van der Waals surface area contributed by atoms with Crippen LogP contribution < -0.4 is 5.32 Å². The number of nitrogens with one attached hydrogen (secondary N) is 1. The fraction of sp³-hybridized carbons (Fsp3) is 0.0526. The van der Waals surface area contributed by atoms with Gasteiger partial charge in [-0.25, -0.2) is 4.98 Å². The molecule has 26 heavy (non-hydrogen) atoms. The van der Waals surface area contributed by atoms with E-state index in [0.29, 0.717) is 11.4 Å². The van der Waals surface area contributed by atoms with Crippen LogP contribution >= 0.6 is 0 Å². The number of nitriles is 1. The number of furan rings is 1. The molecule has 7 heteroatoms. The number of anilines is 1. The summed E-state index contributed by atoms with van der Waals surface area (Å²) in [7, 11) is 0. The number of aromatic nitrogens is 3. The van der Waals surface area contributed by atoms with Crippen molar-refractivity contribution < 1.29 is 9.21 Å². The second kappa shape index (κ2) is 6.18. The molecule has 1 N–H and O–H groups in total. The van der Waals surface area contributed by atoms with Crippen molar-refractivity contribution in [3.8, 4) is 11.9 Å². The maximum atomic E-state index is 12.8. The number of para-hydroxylation sites is 1. The maximum absolute atomic E-state index is 12.8. The first-order valence-electron chi connectivity index (χ1n) is 7.88. The van der Waals surface area contributed by atoms with Crippen molar-refractivity contribution in [2.75, 3.05) is 5.32 Å². The van der Waals surface area contributed by atoms with Crippen LogP contribution in [0.15, 0.2) is 59.3 Å². The maximum Gasteiger partial charge on any atom is 0.292 e. The summed E-state index contributed by atoms with van der Waals surface area (Å²) < 4.78 is 7.10. The van der Waals surface area contributed by atoms with Crippen LogP contribution in [0.2, 0.25) is 0 Å². The van der Waals surface area contributed by atoms with Gasteiger partial charge in [0.15, 0.2) is 17.4 Å². The molecular weight excluding hydrogens is 330 g/mol. The highest BCUT2D eigenvalue weighted by Gasteiger charge is 2.21. The van der Waals surface area contributed by atoms with Crippen LogP contribution in [-0.2, 0) is 0 Å². The van der Waals surface area contributed by atoms with Crippen LogP contribution in [0.3, 0.4) is 0 Å². The molecule has 4 rings (SSSR count). The van der Waals surface area contributed by atoms with Gasteiger partial charge in [0.2, 0.25) is 0 Å². The van der Waals surface area contributed by atoms with Crippen molar-refractivity contribution in [2.24, 2.45) is 0 Å². The molecular formula is C19H13N5O2. The molecule has 1 aromatic carbocycles. The van der Waals surface area contributed by atoms with Crippen molar-refractivity contribution in [3.63, 3.8) is 0 Å². The van der Waals surface area contributed by atoms with E-state index in [1.54, 1.807) is 30.5 Å². The van der Waals surface area contributed by atoms with Gasteiger partial charge in [0.05, 0.1) is 6.20 Å². The monoisotopic (exact) mass is 343 g/mol. The minimum atomic E-state index is -0.451. The molecule has 0 bridgehead atoms. The number of rotatable bonds is 3. The molecule has 0 aliphatic rings. The van der Waals surface area contributed by atoms with Gasteiger partial charge < -0.3 is 9.73 Å². The van der Waals surface area contributed by atoms with Gasteiger partial charge in [0, 0.05) is 17.1 Å². The predicted octanol–water partition coefficient (Wildman–Crippen LogP) is 3.45. The zero-order valence-electron chi connectivity index (χ0n) is 13.8. The van der Waals surface area contributed by atoms with Crippen LogP contribution in [0.1, 0.15) is 21.7 Å². The van der Waals surface area contributed by atoms with Gasteiger partial charge in [0.25, 0.3) is 5.91 Å². The van der Waals surface area contributed by atoms with E-state index < -0.39 is 5.91 Å². The van der Waals surface area contributed by atoms with Crippen molar-refractivity contribution in [2.45, 2.75) is 6.92 Å². The third-order valence-corrected chi connectivity index (χ3v) is 4.04. The fourth-order valence-corrected chi connectivity index (χ4v) is 2.76. The summed E-state index contributed by atoms with van der Waals surface area (Å²) in [5.41, 5.74) is 1.60. The number of hydrogen-bond acceptors (Lipinski definition) is 5. The standard InChI is InChI=1S/C19H13N5O2/c1-12-14-6-2-3-7-15(14)26-17(12)19(25)23-18-13(10-20)11-22-24(18)16-8-4-5-9-21-16/h2-9,11H,1H3,(H,23,25). The highest BCUT2D eigenvalue weighted by Crippen LogP contribution is 2.26. The van der Waals surface area contributed by atoms with Gasteiger partial charge in [-0.1, -0.05) is 24.3 Å². The van der Waals surface area contributed by atoms with Gasteiger partial charge in [-0.15, -0.1) is 0 Å². The molecule has 3 heterocycles. The first kappa shape index (κ1) is 15.6. The number of carbonyl (C=O) groups excluding carboxylic acids is 1. The van der Waals surface area contributed by atoms with Crippen molar-refractivity contribution in [3.05, 3.63) is 71.7 Å². The van der Waals surface area contributed by atoms with E-state index in [1.807, 2.05) is 31.2 Å². The molecule has 0 fully saturated rings. The summed E-state index contributed by atoms with van der Waals surface area (Å²) in [6, 6.07) is 14.8. The van der Waals surface area contributed by atoms with Gasteiger partial charge in [-0.3, -0.25) is 4.79 Å². The van der Waals surface area contributed by atoms with Crippen LogP contribution in [0.25, 0.3) is 16.8 Å². The molecule has 0 unspecified atom stereocenters. The SMILES string of the molecule is Cc1c(C(=O)Nc2c(C#N)cnn2-c2ccccn2)oc2ccccc12. The molecule has 0 aliphatic heterocycles. The average molecular weight is 343 g/mol. The quantitative estimate of drug-likeness (QED) is 0.614. The average Bonchev–Trinajstić information content (AvgIpc) is 3.24. The van der Waals surface area contributed by atoms with E-state index >= 15 is 0 Å². The third kappa shape index (κ3) is 2.50. The number of amides is 1. The lowest BCUT2D eigenvalue weighted by atomic mass is 10.1. The number of carbonyl (C=O) groups is 1. The highest BCUT2D eigenvalue weighted by atomic mass is 16.3. The lowest BCUT2D eigenvalue weighted by molar-refractivity contribution is 0.0997. The zero-order chi connectivity index (χ0) is 18.1. The normalized spacial score (nSPS) is 10.6. The van der Waals surface area contributed by atoms with Crippen LogP contribution in [0.5, 0.6) is 0 Å². The summed E-state index contributed by atoms with van der Waals surface area (Å²) in [6.45, 7) is 1.82. The first-order chi connectivity index (χ1) is 12.7. The largest absolute Gasteiger partial charge is 0.451 e. The van der Waals surface area contributed by atoms with E-state index in [-0.39, 0.29) is 17.1 Å².